The lowest BCUT2D eigenvalue weighted by Gasteiger charge is -2.25. The second-order valence-electron chi connectivity index (χ2n) is 6.29. The van der Waals surface area contributed by atoms with E-state index in [9.17, 15) is 14.2 Å². The van der Waals surface area contributed by atoms with Crippen molar-refractivity contribution in [3.8, 4) is 0 Å². The van der Waals surface area contributed by atoms with Crippen molar-refractivity contribution in [1.29, 1.82) is 0 Å². The highest BCUT2D eigenvalue weighted by Crippen LogP contribution is 2.51. The third-order valence-corrected chi connectivity index (χ3v) is 6.61. The lowest BCUT2D eigenvalue weighted by atomic mass is 10.0. The number of hydrogen-bond donors (Lipinski definition) is 1. The molecule has 2 rings (SSSR count). The van der Waals surface area contributed by atoms with Gasteiger partial charge in [0.05, 0.1) is 25.5 Å². The van der Waals surface area contributed by atoms with E-state index in [0.29, 0.717) is 25.2 Å². The van der Waals surface area contributed by atoms with E-state index in [1.54, 1.807) is 20.8 Å². The number of ether oxygens (including phenoxy) is 1. The quantitative estimate of drug-likeness (QED) is 0.702. The van der Waals surface area contributed by atoms with Gasteiger partial charge in [-0.05, 0) is 39.5 Å². The maximum Gasteiger partial charge on any atom is 0.331 e. The fourth-order valence-corrected chi connectivity index (χ4v) is 5.09. The van der Waals surface area contributed by atoms with Gasteiger partial charge >= 0.3 is 13.3 Å². The highest BCUT2D eigenvalue weighted by Gasteiger charge is 2.36. The molecule has 1 aliphatic heterocycles. The van der Waals surface area contributed by atoms with Crippen LogP contribution in [0.2, 0.25) is 0 Å². The van der Waals surface area contributed by atoms with Crippen molar-refractivity contribution >= 4 is 7.60 Å². The molecule has 9 heteroatoms. The van der Waals surface area contributed by atoms with Crippen LogP contribution >= 0.6 is 7.60 Å². The molecule has 0 aromatic carbocycles. The molecule has 0 saturated carbocycles. The second-order valence-corrected chi connectivity index (χ2v) is 8.39. The smallest absolute Gasteiger partial charge is 0.331 e. The highest BCUT2D eigenvalue weighted by atomic mass is 31.2. The first-order chi connectivity index (χ1) is 11.8. The summed E-state index contributed by atoms with van der Waals surface area (Å²) in [6.07, 6.45) is 2.57. The summed E-state index contributed by atoms with van der Waals surface area (Å²) in [4.78, 5) is 25.8. The van der Waals surface area contributed by atoms with Crippen LogP contribution in [0.5, 0.6) is 0 Å². The third kappa shape index (κ3) is 4.91. The molecule has 0 amide bonds. The predicted molar refractivity (Wildman–Crippen MR) is 94.1 cm³/mol. The topological polar surface area (TPSA) is 99.6 Å². The van der Waals surface area contributed by atoms with Gasteiger partial charge in [0.15, 0.2) is 0 Å². The lowest BCUT2D eigenvalue weighted by Crippen LogP contribution is -2.33. The molecule has 8 nitrogen and oxygen atoms in total. The number of aromatic nitrogens is 2. The molecule has 1 aromatic rings. The SMILES string of the molecule is CCOP(=O)(C[C@H](C)[C@@H]1CC[C@H](n2cc(C)c(=O)[nH]c2=O)O1)OCC. The van der Waals surface area contributed by atoms with Crippen LogP contribution in [0.25, 0.3) is 0 Å². The van der Waals surface area contributed by atoms with E-state index in [1.165, 1.54) is 10.8 Å². The van der Waals surface area contributed by atoms with Gasteiger partial charge in [0, 0.05) is 11.8 Å². The van der Waals surface area contributed by atoms with Crippen LogP contribution < -0.4 is 11.2 Å². The maximum absolute atomic E-state index is 12.7. The number of nitrogens with zero attached hydrogens (tertiary/aromatic N) is 1. The Morgan fingerprint density at radius 1 is 1.32 bits per heavy atom. The summed E-state index contributed by atoms with van der Waals surface area (Å²) in [7, 11) is -3.14. The van der Waals surface area contributed by atoms with Crippen molar-refractivity contribution in [2.45, 2.75) is 52.9 Å². The van der Waals surface area contributed by atoms with E-state index >= 15 is 0 Å². The Morgan fingerprint density at radius 3 is 2.56 bits per heavy atom. The molecule has 0 spiro atoms. The van der Waals surface area contributed by atoms with E-state index in [1.807, 2.05) is 6.92 Å². The number of aromatic amines is 1. The van der Waals surface area contributed by atoms with Crippen LogP contribution in [0.1, 0.15) is 45.4 Å². The molecule has 0 unspecified atom stereocenters. The van der Waals surface area contributed by atoms with Crippen LogP contribution in [0.15, 0.2) is 15.8 Å². The molecule has 1 fully saturated rings. The zero-order valence-corrected chi connectivity index (χ0v) is 16.1. The molecular weight excluding hydrogens is 347 g/mol. The predicted octanol–water partition coefficient (Wildman–Crippen LogP) is 2.42. The summed E-state index contributed by atoms with van der Waals surface area (Å²) in [6.45, 7) is 7.80. The second kappa shape index (κ2) is 8.45. The van der Waals surface area contributed by atoms with Gasteiger partial charge in [-0.2, -0.15) is 0 Å². The monoisotopic (exact) mass is 374 g/mol. The summed E-state index contributed by atoms with van der Waals surface area (Å²) < 4.78 is 30.8. The van der Waals surface area contributed by atoms with Crippen LogP contribution in [-0.4, -0.2) is 35.0 Å². The molecule has 0 bridgehead atoms. The Balaban J connectivity index is 2.07. The number of nitrogens with one attached hydrogen (secondary N) is 1. The first-order valence-electron chi connectivity index (χ1n) is 8.65. The molecule has 1 saturated heterocycles. The Labute approximate surface area is 147 Å². The van der Waals surface area contributed by atoms with E-state index in [-0.39, 0.29) is 18.2 Å². The minimum Gasteiger partial charge on any atom is -0.354 e. The molecule has 2 heterocycles. The van der Waals surface area contributed by atoms with E-state index < -0.39 is 25.1 Å². The summed E-state index contributed by atoms with van der Waals surface area (Å²) >= 11 is 0. The Morgan fingerprint density at radius 2 is 1.96 bits per heavy atom. The van der Waals surface area contributed by atoms with Crippen LogP contribution in [0.4, 0.5) is 0 Å². The summed E-state index contributed by atoms with van der Waals surface area (Å²) in [5.41, 5.74) is -0.418. The normalized spacial score (nSPS) is 22.2. The van der Waals surface area contributed by atoms with Gasteiger partial charge in [0.2, 0.25) is 0 Å². The zero-order valence-electron chi connectivity index (χ0n) is 15.2. The molecule has 0 radical (unpaired) electrons. The van der Waals surface area contributed by atoms with Crippen molar-refractivity contribution in [2.24, 2.45) is 5.92 Å². The van der Waals surface area contributed by atoms with Gasteiger partial charge in [0.25, 0.3) is 5.56 Å². The minimum atomic E-state index is -3.14. The number of H-pyrrole nitrogens is 1. The van der Waals surface area contributed by atoms with Gasteiger partial charge in [-0.25, -0.2) is 4.79 Å². The van der Waals surface area contributed by atoms with Crippen molar-refractivity contribution in [3.63, 3.8) is 0 Å². The van der Waals surface area contributed by atoms with Gasteiger partial charge < -0.3 is 13.8 Å². The van der Waals surface area contributed by atoms with Crippen LogP contribution in [0, 0.1) is 12.8 Å². The summed E-state index contributed by atoms with van der Waals surface area (Å²) in [5.74, 6) is -0.0477. The maximum atomic E-state index is 12.7. The molecular formula is C16H27N2O6P. The summed E-state index contributed by atoms with van der Waals surface area (Å²) in [5, 5.41) is 0. The highest BCUT2D eigenvalue weighted by molar-refractivity contribution is 7.53. The fraction of sp³-hybridized carbons (Fsp3) is 0.750. The minimum absolute atomic E-state index is 0.0477. The van der Waals surface area contributed by atoms with E-state index in [2.05, 4.69) is 4.98 Å². The zero-order chi connectivity index (χ0) is 18.6. The Hall–Kier alpha value is -1.21. The van der Waals surface area contributed by atoms with Crippen molar-refractivity contribution in [2.75, 3.05) is 19.4 Å². The fourth-order valence-electron chi connectivity index (χ4n) is 3.07. The molecule has 1 aromatic heterocycles. The molecule has 1 aliphatic rings. The van der Waals surface area contributed by atoms with Crippen LogP contribution in [0.3, 0.4) is 0 Å². The first-order valence-corrected chi connectivity index (χ1v) is 10.4. The molecule has 142 valence electrons. The Bertz CT molecular complexity index is 733. The molecule has 25 heavy (non-hydrogen) atoms. The first kappa shape index (κ1) is 20.1. The summed E-state index contributed by atoms with van der Waals surface area (Å²) in [6, 6.07) is 0. The van der Waals surface area contributed by atoms with E-state index in [0.717, 1.165) is 6.42 Å². The van der Waals surface area contributed by atoms with Gasteiger partial charge in [-0.3, -0.25) is 18.9 Å². The van der Waals surface area contributed by atoms with Gasteiger partial charge in [-0.1, -0.05) is 6.92 Å². The van der Waals surface area contributed by atoms with Crippen molar-refractivity contribution < 1.29 is 18.3 Å². The Kier molecular flexibility index (Phi) is 6.79. The number of aryl methyl sites for hydroxylation is 1. The van der Waals surface area contributed by atoms with Crippen molar-refractivity contribution in [3.05, 3.63) is 32.6 Å². The van der Waals surface area contributed by atoms with Gasteiger partial charge in [0.1, 0.15) is 6.23 Å². The average molecular weight is 374 g/mol. The third-order valence-electron chi connectivity index (χ3n) is 4.28. The molecule has 0 aliphatic carbocycles. The lowest BCUT2D eigenvalue weighted by molar-refractivity contribution is -0.0213. The number of hydrogen-bond acceptors (Lipinski definition) is 6. The molecule has 3 atom stereocenters. The number of rotatable bonds is 8. The van der Waals surface area contributed by atoms with Gasteiger partial charge in [-0.15, -0.1) is 0 Å². The van der Waals surface area contributed by atoms with Crippen molar-refractivity contribution in [1.82, 2.24) is 9.55 Å². The largest absolute Gasteiger partial charge is 0.354 e. The molecule has 1 N–H and O–H groups in total. The van der Waals surface area contributed by atoms with E-state index in [4.69, 9.17) is 13.8 Å². The average Bonchev–Trinajstić information content (AvgIpc) is 3.01. The standard InChI is InChI=1S/C16H27N2O6P/c1-5-22-25(21,23-6-2)10-12(4)13-7-8-14(24-13)18-9-11(3)15(19)17-16(18)20/h9,12-14H,5-8,10H2,1-4H3,(H,17,19,20)/t12-,13-,14+/m0/s1. The van der Waals surface area contributed by atoms with Crippen LogP contribution in [-0.2, 0) is 18.3 Å².